The Kier molecular flexibility index (Phi) is 7.43. The van der Waals surface area contributed by atoms with E-state index < -0.39 is 17.3 Å². The molecular weight excluding hydrogens is 400 g/mol. The molecule has 1 N–H and O–H groups in total. The normalized spacial score (nSPS) is 11.2. The van der Waals surface area contributed by atoms with E-state index in [2.05, 4.69) is 25.9 Å². The average Bonchev–Trinajstić information content (AvgIpc) is 2.34. The quantitative estimate of drug-likeness (QED) is 0.478. The molecule has 0 fully saturated rings. The Hall–Kier alpha value is -1.00. The number of benzene rings is 2. The molecule has 0 amide bonds. The Morgan fingerprint density at radius 2 is 1.50 bits per heavy atom. The van der Waals surface area contributed by atoms with Crippen LogP contribution in [0.4, 0.5) is 5.69 Å². The molecule has 2 aromatic carbocycles. The average molecular weight is 425 g/mol. The maximum absolute atomic E-state index is 9.61. The Labute approximate surface area is 141 Å². The summed E-state index contributed by atoms with van der Waals surface area (Å²) in [5.41, 5.74) is 4.02. The van der Waals surface area contributed by atoms with E-state index in [0.717, 1.165) is 11.3 Å². The molecule has 0 aliphatic rings. The predicted octanol–water partition coefficient (Wildman–Crippen LogP) is 5.82. The first-order valence-corrected chi connectivity index (χ1v) is 19.4. The summed E-state index contributed by atoms with van der Waals surface area (Å²) in [6, 6.07) is 13.3. The molecule has 118 valence electrons. The van der Waals surface area contributed by atoms with E-state index in [1.807, 2.05) is 38.1 Å². The molecule has 0 unspecified atom stereocenters. The van der Waals surface area contributed by atoms with Crippen molar-refractivity contribution in [3.8, 4) is 5.75 Å². The molecule has 0 aliphatic carbocycles. The van der Waals surface area contributed by atoms with E-state index in [-0.39, 0.29) is 5.75 Å². The van der Waals surface area contributed by atoms with Crippen molar-refractivity contribution in [2.45, 2.75) is 28.7 Å². The molecule has 0 atom stereocenters. The topological polar surface area (TPSA) is 32.6 Å². The van der Waals surface area contributed by atoms with Gasteiger partial charge in [0, 0.05) is 11.8 Å². The van der Waals surface area contributed by atoms with Crippen LogP contribution in [0.15, 0.2) is 47.5 Å². The predicted molar refractivity (Wildman–Crippen MR) is 100 cm³/mol. The van der Waals surface area contributed by atoms with Crippen molar-refractivity contribution in [2.24, 2.45) is 4.99 Å². The molecule has 0 saturated heterocycles. The number of nitrogens with zero attached hydrogens (tertiary/aromatic N) is 1. The van der Waals surface area contributed by atoms with E-state index in [1.54, 1.807) is 18.3 Å². The van der Waals surface area contributed by atoms with Crippen LogP contribution in [0, 0.1) is 13.8 Å². The first kappa shape index (κ1) is 19.0. The van der Waals surface area contributed by atoms with Crippen molar-refractivity contribution in [2.75, 3.05) is 0 Å². The van der Waals surface area contributed by atoms with Crippen LogP contribution in [0.2, 0.25) is 14.8 Å². The molecule has 2 aromatic rings. The standard InChI is InChI=1S/C15H15NO.3CH3.ClH.Sn/c1-11-7-12(2)9-14(8-11)16-10-13-5-3-4-6-15(13)17;;;;;/h3-10,17H,1-2H3;3*1H3;1H;/q;;;;;+1/p-1. The Balaban J connectivity index is 0.000000422. The van der Waals surface area contributed by atoms with Crippen LogP contribution in [-0.2, 0) is 0 Å². The zero-order chi connectivity index (χ0) is 16.8. The van der Waals surface area contributed by atoms with Gasteiger partial charge in [-0.3, -0.25) is 4.99 Å². The van der Waals surface area contributed by atoms with Crippen LogP contribution >= 0.6 is 8.92 Å². The summed E-state index contributed by atoms with van der Waals surface area (Å²) in [7, 11) is 5.74. The number of aromatic hydroxyl groups is 1. The third-order valence-corrected chi connectivity index (χ3v) is 2.50. The first-order chi connectivity index (χ1) is 10.1. The fourth-order valence-corrected chi connectivity index (χ4v) is 1.77. The molecule has 0 aromatic heterocycles. The molecule has 0 spiro atoms. The number of aryl methyl sites for hydroxylation is 2. The summed E-state index contributed by atoms with van der Waals surface area (Å²) in [5.74, 6) is 0.251. The number of para-hydroxylation sites is 1. The van der Waals surface area contributed by atoms with Crippen molar-refractivity contribution in [3.63, 3.8) is 0 Å². The number of phenolic OH excluding ortho intramolecular Hbond substituents is 1. The van der Waals surface area contributed by atoms with Gasteiger partial charge in [-0.1, -0.05) is 18.2 Å². The third kappa shape index (κ3) is 8.44. The summed E-state index contributed by atoms with van der Waals surface area (Å²) in [4.78, 5) is 10.9. The van der Waals surface area contributed by atoms with Crippen molar-refractivity contribution in [1.29, 1.82) is 0 Å². The summed E-state index contributed by atoms with van der Waals surface area (Å²) in [5, 5.41) is 9.61. The fraction of sp³-hybridized carbons (Fsp3) is 0.278. The van der Waals surface area contributed by atoms with Gasteiger partial charge < -0.3 is 5.11 Å². The zero-order valence-electron chi connectivity index (χ0n) is 13.9. The van der Waals surface area contributed by atoms with E-state index in [0.29, 0.717) is 0 Å². The Bertz CT molecular complexity index is 622. The van der Waals surface area contributed by atoms with Crippen LogP contribution in [0.25, 0.3) is 0 Å². The van der Waals surface area contributed by atoms with Crippen LogP contribution in [0.1, 0.15) is 16.7 Å². The Morgan fingerprint density at radius 1 is 1.00 bits per heavy atom. The summed E-state index contributed by atoms with van der Waals surface area (Å²) in [6.07, 6.45) is 1.68. The summed E-state index contributed by atoms with van der Waals surface area (Å²) >= 11 is -1.71. The molecule has 0 heterocycles. The second-order valence-corrected chi connectivity index (χ2v) is 25.6. The molecule has 4 heteroatoms. The molecule has 2 nitrogen and oxygen atoms in total. The molecular formula is C18H24ClNOSn. The van der Waals surface area contributed by atoms with Gasteiger partial charge in [0.25, 0.3) is 0 Å². The van der Waals surface area contributed by atoms with Crippen LogP contribution in [-0.4, -0.2) is 28.6 Å². The molecule has 2 rings (SSSR count). The third-order valence-electron chi connectivity index (χ3n) is 2.50. The molecule has 22 heavy (non-hydrogen) atoms. The van der Waals surface area contributed by atoms with Gasteiger partial charge in [0.05, 0.1) is 5.69 Å². The van der Waals surface area contributed by atoms with Crippen molar-refractivity contribution in [1.82, 2.24) is 0 Å². The van der Waals surface area contributed by atoms with Gasteiger partial charge in [-0.05, 0) is 49.2 Å². The van der Waals surface area contributed by atoms with Gasteiger partial charge in [0.1, 0.15) is 5.75 Å². The SMILES string of the molecule is Cc1cc(C)cc(N=Cc2ccccc2O)c1.[CH3][Sn]([CH3])([CH3])[Cl]. The molecule has 0 aliphatic heterocycles. The van der Waals surface area contributed by atoms with Crippen molar-refractivity contribution >= 4 is 38.1 Å². The fourth-order valence-electron chi connectivity index (χ4n) is 1.77. The van der Waals surface area contributed by atoms with Crippen LogP contribution in [0.5, 0.6) is 5.75 Å². The summed E-state index contributed by atoms with van der Waals surface area (Å²) in [6.45, 7) is 4.10. The number of halogens is 1. The van der Waals surface area contributed by atoms with E-state index in [1.165, 1.54) is 11.1 Å². The first-order valence-electron chi connectivity index (χ1n) is 7.24. The molecule has 0 saturated carbocycles. The van der Waals surface area contributed by atoms with Crippen molar-refractivity contribution < 1.29 is 5.11 Å². The number of hydrogen-bond acceptors (Lipinski definition) is 2. The molecule has 0 radical (unpaired) electrons. The maximum atomic E-state index is 9.61. The number of phenols is 1. The minimum absolute atomic E-state index is 0.251. The number of rotatable bonds is 2. The van der Waals surface area contributed by atoms with Crippen LogP contribution in [0.3, 0.4) is 0 Å². The summed E-state index contributed by atoms with van der Waals surface area (Å²) < 4.78 is 0. The van der Waals surface area contributed by atoms with Gasteiger partial charge in [0.2, 0.25) is 0 Å². The van der Waals surface area contributed by atoms with Crippen molar-refractivity contribution in [3.05, 3.63) is 59.2 Å². The van der Waals surface area contributed by atoms with Gasteiger partial charge >= 0.3 is 41.0 Å². The van der Waals surface area contributed by atoms with Crippen LogP contribution < -0.4 is 0 Å². The monoisotopic (exact) mass is 425 g/mol. The molecule has 0 bridgehead atoms. The number of hydrogen-bond donors (Lipinski definition) is 1. The second-order valence-electron chi connectivity index (χ2n) is 6.23. The van der Waals surface area contributed by atoms with Gasteiger partial charge in [-0.25, -0.2) is 0 Å². The van der Waals surface area contributed by atoms with E-state index in [4.69, 9.17) is 8.92 Å². The Morgan fingerprint density at radius 3 is 2.00 bits per heavy atom. The van der Waals surface area contributed by atoms with E-state index >= 15 is 0 Å². The minimum atomic E-state index is -1.71. The van der Waals surface area contributed by atoms with Gasteiger partial charge in [-0.2, -0.15) is 0 Å². The second kappa shape index (κ2) is 8.58. The number of aliphatic imine (C=N–C) groups is 1. The van der Waals surface area contributed by atoms with Gasteiger partial charge in [0.15, 0.2) is 0 Å². The van der Waals surface area contributed by atoms with E-state index in [9.17, 15) is 5.11 Å². The van der Waals surface area contributed by atoms with Gasteiger partial charge in [-0.15, -0.1) is 0 Å². The zero-order valence-corrected chi connectivity index (χ0v) is 17.5.